The summed E-state index contributed by atoms with van der Waals surface area (Å²) in [5.74, 6) is 1.31. The fourth-order valence-electron chi connectivity index (χ4n) is 3.71. The van der Waals surface area contributed by atoms with E-state index in [1.165, 1.54) is 18.5 Å². The first-order valence-corrected chi connectivity index (χ1v) is 9.34. The molecule has 0 spiro atoms. The molecule has 1 aliphatic rings. The third kappa shape index (κ3) is 3.00. The van der Waals surface area contributed by atoms with E-state index in [4.69, 9.17) is 9.40 Å². The van der Waals surface area contributed by atoms with Gasteiger partial charge in [0.1, 0.15) is 23.8 Å². The molecule has 1 aliphatic heterocycles. The summed E-state index contributed by atoms with van der Waals surface area (Å²) in [4.78, 5) is 7.18. The molecule has 5 rings (SSSR count). The Bertz CT molecular complexity index is 1070. The van der Waals surface area contributed by atoms with Crippen LogP contribution in [-0.2, 0) is 6.61 Å². The molecular formula is C22H21N3O2. The van der Waals surface area contributed by atoms with Crippen molar-refractivity contribution in [2.24, 2.45) is 0 Å². The number of pyridine rings is 1. The Morgan fingerprint density at radius 2 is 1.67 bits per heavy atom. The van der Waals surface area contributed by atoms with E-state index in [9.17, 15) is 5.11 Å². The highest BCUT2D eigenvalue weighted by molar-refractivity contribution is 5.67. The third-order valence-electron chi connectivity index (χ3n) is 5.19. The molecule has 3 aromatic heterocycles. The zero-order valence-electron chi connectivity index (χ0n) is 15.0. The number of benzene rings is 1. The lowest BCUT2D eigenvalue weighted by molar-refractivity contribution is 0.248. The Labute approximate surface area is 157 Å². The highest BCUT2D eigenvalue weighted by Crippen LogP contribution is 2.27. The van der Waals surface area contributed by atoms with E-state index in [1.54, 1.807) is 6.07 Å². The number of fused-ring (bicyclic) bond motifs is 1. The lowest BCUT2D eigenvalue weighted by Crippen LogP contribution is -2.17. The minimum atomic E-state index is -0.0924. The number of imidazole rings is 1. The van der Waals surface area contributed by atoms with Gasteiger partial charge in [-0.2, -0.15) is 0 Å². The molecule has 0 unspecified atom stereocenters. The van der Waals surface area contributed by atoms with Crippen molar-refractivity contribution in [1.82, 2.24) is 9.38 Å². The summed E-state index contributed by atoms with van der Waals surface area (Å²) in [7, 11) is 0. The summed E-state index contributed by atoms with van der Waals surface area (Å²) in [6.07, 6.45) is 6.61. The van der Waals surface area contributed by atoms with Crippen LogP contribution in [0.5, 0.6) is 0 Å². The molecule has 0 amide bonds. The Morgan fingerprint density at radius 1 is 0.889 bits per heavy atom. The molecular weight excluding hydrogens is 338 g/mol. The van der Waals surface area contributed by atoms with Crippen molar-refractivity contribution in [2.75, 3.05) is 18.0 Å². The van der Waals surface area contributed by atoms with E-state index in [-0.39, 0.29) is 6.61 Å². The molecule has 0 radical (unpaired) electrons. The summed E-state index contributed by atoms with van der Waals surface area (Å²) in [5.41, 5.74) is 5.21. The van der Waals surface area contributed by atoms with Crippen molar-refractivity contribution in [3.05, 3.63) is 66.7 Å². The molecule has 0 atom stereocenters. The SMILES string of the molecule is OCc1ccc(-c2ccc3nc(-c4ccc(N5CCCC5)cc4)cn3c2)o1. The fourth-order valence-corrected chi connectivity index (χ4v) is 3.71. The number of hydrogen-bond acceptors (Lipinski definition) is 4. The molecule has 1 fully saturated rings. The first-order valence-electron chi connectivity index (χ1n) is 9.34. The number of anilines is 1. The van der Waals surface area contributed by atoms with Crippen LogP contribution in [0.1, 0.15) is 18.6 Å². The molecule has 27 heavy (non-hydrogen) atoms. The van der Waals surface area contributed by atoms with E-state index in [0.717, 1.165) is 41.3 Å². The molecule has 5 heteroatoms. The van der Waals surface area contributed by atoms with Crippen LogP contribution in [-0.4, -0.2) is 27.6 Å². The number of furan rings is 1. The highest BCUT2D eigenvalue weighted by Gasteiger charge is 2.13. The van der Waals surface area contributed by atoms with E-state index in [1.807, 2.05) is 35.0 Å². The normalized spacial score (nSPS) is 14.3. The van der Waals surface area contributed by atoms with Gasteiger partial charge in [-0.25, -0.2) is 4.98 Å². The van der Waals surface area contributed by atoms with Crippen LogP contribution in [0.25, 0.3) is 28.2 Å². The third-order valence-corrected chi connectivity index (χ3v) is 5.19. The number of aliphatic hydroxyl groups is 1. The molecule has 1 aromatic carbocycles. The van der Waals surface area contributed by atoms with E-state index < -0.39 is 0 Å². The van der Waals surface area contributed by atoms with Gasteiger partial charge in [0.15, 0.2) is 0 Å². The van der Waals surface area contributed by atoms with E-state index in [2.05, 4.69) is 29.2 Å². The highest BCUT2D eigenvalue weighted by atomic mass is 16.4. The second-order valence-electron chi connectivity index (χ2n) is 6.97. The molecule has 5 nitrogen and oxygen atoms in total. The zero-order chi connectivity index (χ0) is 18.2. The van der Waals surface area contributed by atoms with Crippen molar-refractivity contribution in [2.45, 2.75) is 19.4 Å². The zero-order valence-corrected chi connectivity index (χ0v) is 15.0. The summed E-state index contributed by atoms with van der Waals surface area (Å²) < 4.78 is 7.65. The van der Waals surface area contributed by atoms with Gasteiger partial charge < -0.3 is 18.8 Å². The molecule has 0 bridgehead atoms. The van der Waals surface area contributed by atoms with Crippen molar-refractivity contribution in [3.8, 4) is 22.6 Å². The predicted molar refractivity (Wildman–Crippen MR) is 106 cm³/mol. The van der Waals surface area contributed by atoms with Crippen molar-refractivity contribution >= 4 is 11.3 Å². The first kappa shape index (κ1) is 16.1. The Balaban J connectivity index is 1.45. The maximum Gasteiger partial charge on any atom is 0.137 e. The van der Waals surface area contributed by atoms with Gasteiger partial charge in [-0.3, -0.25) is 0 Å². The largest absolute Gasteiger partial charge is 0.459 e. The molecule has 0 saturated carbocycles. The van der Waals surface area contributed by atoms with E-state index >= 15 is 0 Å². The predicted octanol–water partition coefficient (Wildman–Crippen LogP) is 4.35. The average Bonchev–Trinajstić information content (AvgIpc) is 3.47. The smallest absolute Gasteiger partial charge is 0.137 e. The van der Waals surface area contributed by atoms with Crippen LogP contribution in [0.15, 0.2) is 65.3 Å². The van der Waals surface area contributed by atoms with Crippen molar-refractivity contribution < 1.29 is 9.52 Å². The van der Waals surface area contributed by atoms with Gasteiger partial charge in [0.25, 0.3) is 0 Å². The summed E-state index contributed by atoms with van der Waals surface area (Å²) in [6, 6.07) is 16.3. The monoisotopic (exact) mass is 359 g/mol. The second kappa shape index (κ2) is 6.59. The first-order chi connectivity index (χ1) is 13.3. The standard InChI is InChI=1S/C22H21N3O2/c26-15-19-8-9-21(27-19)17-5-10-22-23-20(14-25(22)13-17)16-3-6-18(7-4-16)24-11-1-2-12-24/h3-10,13-14,26H,1-2,11-12,15H2. The number of nitrogens with zero attached hydrogens (tertiary/aromatic N) is 3. The number of rotatable bonds is 4. The van der Waals surface area contributed by atoms with Gasteiger partial charge >= 0.3 is 0 Å². The van der Waals surface area contributed by atoms with Gasteiger partial charge in [0.2, 0.25) is 0 Å². The van der Waals surface area contributed by atoms with Crippen LogP contribution in [0.2, 0.25) is 0 Å². The Hall–Kier alpha value is -3.05. The summed E-state index contributed by atoms with van der Waals surface area (Å²) in [5, 5.41) is 9.18. The van der Waals surface area contributed by atoms with Crippen LogP contribution in [0.3, 0.4) is 0 Å². The summed E-state index contributed by atoms with van der Waals surface area (Å²) >= 11 is 0. The van der Waals surface area contributed by atoms with Crippen molar-refractivity contribution in [1.29, 1.82) is 0 Å². The quantitative estimate of drug-likeness (QED) is 0.588. The average molecular weight is 359 g/mol. The van der Waals surface area contributed by atoms with Crippen LogP contribution >= 0.6 is 0 Å². The molecule has 4 aromatic rings. The lowest BCUT2D eigenvalue weighted by Gasteiger charge is -2.17. The molecule has 1 N–H and O–H groups in total. The van der Waals surface area contributed by atoms with Crippen LogP contribution < -0.4 is 4.90 Å². The van der Waals surface area contributed by atoms with Gasteiger partial charge in [-0.05, 0) is 49.2 Å². The molecule has 4 heterocycles. The maximum atomic E-state index is 9.18. The number of aliphatic hydroxyl groups excluding tert-OH is 1. The Morgan fingerprint density at radius 3 is 2.41 bits per heavy atom. The molecule has 0 aliphatic carbocycles. The number of aromatic nitrogens is 2. The second-order valence-corrected chi connectivity index (χ2v) is 6.97. The lowest BCUT2D eigenvalue weighted by atomic mass is 10.1. The molecule has 1 saturated heterocycles. The minimum absolute atomic E-state index is 0.0924. The van der Waals surface area contributed by atoms with Gasteiger partial charge in [-0.15, -0.1) is 0 Å². The van der Waals surface area contributed by atoms with Gasteiger partial charge in [0.05, 0.1) is 5.69 Å². The van der Waals surface area contributed by atoms with Crippen molar-refractivity contribution in [3.63, 3.8) is 0 Å². The summed E-state index contributed by atoms with van der Waals surface area (Å²) in [6.45, 7) is 2.22. The van der Waals surface area contributed by atoms with Gasteiger partial charge in [0, 0.05) is 42.3 Å². The van der Waals surface area contributed by atoms with Crippen LogP contribution in [0.4, 0.5) is 5.69 Å². The maximum absolute atomic E-state index is 9.18. The van der Waals surface area contributed by atoms with Gasteiger partial charge in [-0.1, -0.05) is 12.1 Å². The topological polar surface area (TPSA) is 53.9 Å². The van der Waals surface area contributed by atoms with E-state index in [0.29, 0.717) is 5.76 Å². The Kier molecular flexibility index (Phi) is 3.94. The minimum Gasteiger partial charge on any atom is -0.459 e. The number of hydrogen-bond donors (Lipinski definition) is 1. The fraction of sp³-hybridized carbons (Fsp3) is 0.227. The molecule has 136 valence electrons. The van der Waals surface area contributed by atoms with Crippen LogP contribution in [0, 0.1) is 0 Å².